The van der Waals surface area contributed by atoms with E-state index in [0.717, 1.165) is 0 Å². The lowest BCUT2D eigenvalue weighted by atomic mass is 10.3. The molecule has 1 N–H and O–H groups in total. The van der Waals surface area contributed by atoms with E-state index in [1.54, 1.807) is 0 Å². The van der Waals surface area contributed by atoms with Crippen molar-refractivity contribution >= 4 is 11.9 Å². The van der Waals surface area contributed by atoms with Crippen molar-refractivity contribution in [2.75, 3.05) is 14.2 Å². The summed E-state index contributed by atoms with van der Waals surface area (Å²) in [5, 5.41) is 7.03. The largest absolute Gasteiger partial charge is 0.481 e. The van der Waals surface area contributed by atoms with Crippen LogP contribution in [0.1, 0.15) is 0 Å². The smallest absolute Gasteiger partial charge is 0.337 e. The summed E-state index contributed by atoms with van der Waals surface area (Å²) in [6, 6.07) is 0. The summed E-state index contributed by atoms with van der Waals surface area (Å²) in [4.78, 5) is 10.7. The number of nitrogens with one attached hydrogen (secondary N) is 1. The first-order valence-electron chi connectivity index (χ1n) is 3.19. The zero-order chi connectivity index (χ0) is 9.56. The first-order valence-corrected chi connectivity index (χ1v) is 3.19. The molecule has 0 radical (unpaired) electrons. The quantitative estimate of drug-likeness (QED) is 0.224. The minimum Gasteiger partial charge on any atom is -0.481 e. The van der Waals surface area contributed by atoms with Crippen LogP contribution in [-0.4, -0.2) is 26.1 Å². The number of hydrogen-bond donors (Lipinski definition) is 1. The molecule has 4 nitrogen and oxygen atoms in total. The number of carbonyl (C=O) groups is 1. The van der Waals surface area contributed by atoms with Crippen LogP contribution in [0.15, 0.2) is 24.3 Å². The minimum absolute atomic E-state index is 0.0416. The zero-order valence-corrected chi connectivity index (χ0v) is 7.09. The maximum Gasteiger partial charge on any atom is 0.337 e. The molecular formula is C8H11NO3. The first kappa shape index (κ1) is 10.4. The van der Waals surface area contributed by atoms with E-state index in [1.807, 2.05) is 0 Å². The summed E-state index contributed by atoms with van der Waals surface area (Å²) in [7, 11) is 2.64. The summed E-state index contributed by atoms with van der Waals surface area (Å²) < 4.78 is 8.89. The summed E-state index contributed by atoms with van der Waals surface area (Å²) >= 11 is 0. The Kier molecular flexibility index (Phi) is 4.45. The maximum absolute atomic E-state index is 10.7. The Balaban J connectivity index is 4.09. The van der Waals surface area contributed by atoms with E-state index in [9.17, 15) is 4.79 Å². The number of hydrogen-bond acceptors (Lipinski definition) is 4. The van der Waals surface area contributed by atoms with Gasteiger partial charge in [0, 0.05) is 6.08 Å². The van der Waals surface area contributed by atoms with Gasteiger partial charge in [0.15, 0.2) is 0 Å². The van der Waals surface area contributed by atoms with Crippen LogP contribution in [0.4, 0.5) is 0 Å². The SMILES string of the molecule is C=C(/C=C\C(=N)OC)C(=O)OC. The second-order valence-corrected chi connectivity index (χ2v) is 1.92. The number of rotatable bonds is 3. The molecule has 0 atom stereocenters. The van der Waals surface area contributed by atoms with Crippen LogP contribution in [0.2, 0.25) is 0 Å². The molecular weight excluding hydrogens is 158 g/mol. The van der Waals surface area contributed by atoms with Crippen LogP contribution in [0.5, 0.6) is 0 Å². The molecule has 0 aromatic heterocycles. The molecule has 0 rings (SSSR count). The standard InChI is InChI=1S/C8H11NO3/c1-6(8(10)12-3)4-5-7(9)11-2/h4-5,9H,1H2,2-3H3/b5-4-,9-7?. The van der Waals surface area contributed by atoms with Crippen molar-refractivity contribution in [1.82, 2.24) is 0 Å². The molecule has 0 aliphatic carbocycles. The lowest BCUT2D eigenvalue weighted by Crippen LogP contribution is -2.02. The zero-order valence-electron chi connectivity index (χ0n) is 7.09. The Morgan fingerprint density at radius 1 is 1.33 bits per heavy atom. The van der Waals surface area contributed by atoms with Crippen LogP contribution in [0.25, 0.3) is 0 Å². The van der Waals surface area contributed by atoms with Crippen LogP contribution >= 0.6 is 0 Å². The van der Waals surface area contributed by atoms with Gasteiger partial charge in [-0.2, -0.15) is 0 Å². The molecule has 0 amide bonds. The molecule has 0 aromatic carbocycles. The lowest BCUT2D eigenvalue weighted by Gasteiger charge is -1.96. The van der Waals surface area contributed by atoms with E-state index in [4.69, 9.17) is 5.41 Å². The van der Waals surface area contributed by atoms with E-state index in [0.29, 0.717) is 0 Å². The highest BCUT2D eigenvalue weighted by molar-refractivity contribution is 5.93. The van der Waals surface area contributed by atoms with E-state index < -0.39 is 5.97 Å². The van der Waals surface area contributed by atoms with Gasteiger partial charge in [-0.15, -0.1) is 0 Å². The molecule has 0 aliphatic rings. The summed E-state index contributed by atoms with van der Waals surface area (Å²) in [5.41, 5.74) is 0.180. The fourth-order valence-corrected chi connectivity index (χ4v) is 0.443. The normalized spacial score (nSPS) is 9.50. The van der Waals surface area contributed by atoms with Gasteiger partial charge in [-0.05, 0) is 6.08 Å². The highest BCUT2D eigenvalue weighted by Gasteiger charge is 2.01. The number of methoxy groups -OCH3 is 2. The Hall–Kier alpha value is -1.58. The molecule has 0 spiro atoms. The highest BCUT2D eigenvalue weighted by Crippen LogP contribution is 1.95. The molecule has 0 aromatic rings. The van der Waals surface area contributed by atoms with E-state index in [-0.39, 0.29) is 11.5 Å². The molecule has 66 valence electrons. The van der Waals surface area contributed by atoms with Gasteiger partial charge in [0.2, 0.25) is 5.90 Å². The fraction of sp³-hybridized carbons (Fsp3) is 0.250. The van der Waals surface area contributed by atoms with Gasteiger partial charge in [-0.1, -0.05) is 6.58 Å². The average molecular weight is 169 g/mol. The Bertz CT molecular complexity index is 230. The van der Waals surface area contributed by atoms with Gasteiger partial charge in [0.25, 0.3) is 0 Å². The summed E-state index contributed by atoms with van der Waals surface area (Å²) in [6.07, 6.45) is 2.68. The van der Waals surface area contributed by atoms with Crippen molar-refractivity contribution in [3.05, 3.63) is 24.3 Å². The van der Waals surface area contributed by atoms with Gasteiger partial charge in [-0.3, -0.25) is 5.41 Å². The first-order chi connectivity index (χ1) is 5.61. The van der Waals surface area contributed by atoms with Crippen molar-refractivity contribution in [1.29, 1.82) is 5.41 Å². The topological polar surface area (TPSA) is 59.4 Å². The predicted molar refractivity (Wildman–Crippen MR) is 45.0 cm³/mol. The third-order valence-corrected chi connectivity index (χ3v) is 1.10. The molecule has 4 heteroatoms. The van der Waals surface area contributed by atoms with Crippen molar-refractivity contribution in [2.45, 2.75) is 0 Å². The average Bonchev–Trinajstić information content (AvgIpc) is 2.11. The Labute approximate surface area is 71.0 Å². The molecule has 0 saturated carbocycles. The van der Waals surface area contributed by atoms with Crippen molar-refractivity contribution in [2.24, 2.45) is 0 Å². The molecule has 12 heavy (non-hydrogen) atoms. The van der Waals surface area contributed by atoms with Crippen molar-refractivity contribution in [3.63, 3.8) is 0 Å². The van der Waals surface area contributed by atoms with Crippen LogP contribution in [-0.2, 0) is 14.3 Å². The summed E-state index contributed by atoms with van der Waals surface area (Å²) in [5.74, 6) is -0.560. The van der Waals surface area contributed by atoms with Gasteiger partial charge < -0.3 is 9.47 Å². The molecule has 0 heterocycles. The number of ether oxygens (including phenoxy) is 2. The minimum atomic E-state index is -0.518. The maximum atomic E-state index is 10.7. The fourth-order valence-electron chi connectivity index (χ4n) is 0.443. The monoisotopic (exact) mass is 169 g/mol. The van der Waals surface area contributed by atoms with Crippen LogP contribution in [0.3, 0.4) is 0 Å². The van der Waals surface area contributed by atoms with Crippen molar-refractivity contribution in [3.8, 4) is 0 Å². The Morgan fingerprint density at radius 3 is 2.33 bits per heavy atom. The van der Waals surface area contributed by atoms with Gasteiger partial charge in [0.05, 0.1) is 19.8 Å². The molecule has 0 aliphatic heterocycles. The lowest BCUT2D eigenvalue weighted by molar-refractivity contribution is -0.135. The van der Waals surface area contributed by atoms with Gasteiger partial charge >= 0.3 is 5.97 Å². The molecule has 0 unspecified atom stereocenters. The van der Waals surface area contributed by atoms with Gasteiger partial charge in [0.1, 0.15) is 0 Å². The van der Waals surface area contributed by atoms with E-state index in [2.05, 4.69) is 16.1 Å². The second kappa shape index (κ2) is 5.12. The Morgan fingerprint density at radius 2 is 1.92 bits per heavy atom. The van der Waals surface area contributed by atoms with Gasteiger partial charge in [-0.25, -0.2) is 4.79 Å². The third-order valence-electron chi connectivity index (χ3n) is 1.10. The molecule has 0 fully saturated rings. The predicted octanol–water partition coefficient (Wildman–Crippen LogP) is 0.895. The van der Waals surface area contributed by atoms with Crippen molar-refractivity contribution < 1.29 is 14.3 Å². The third kappa shape index (κ3) is 3.55. The molecule has 0 saturated heterocycles. The van der Waals surface area contributed by atoms with E-state index in [1.165, 1.54) is 26.4 Å². The second-order valence-electron chi connectivity index (χ2n) is 1.92. The number of esters is 1. The molecule has 0 bridgehead atoms. The van der Waals surface area contributed by atoms with Crippen LogP contribution in [0, 0.1) is 5.41 Å². The summed E-state index contributed by atoms with van der Waals surface area (Å²) in [6.45, 7) is 3.42. The van der Waals surface area contributed by atoms with Crippen LogP contribution < -0.4 is 0 Å². The van der Waals surface area contributed by atoms with E-state index >= 15 is 0 Å². The number of carbonyl (C=O) groups excluding carboxylic acids is 1. The highest BCUT2D eigenvalue weighted by atomic mass is 16.5.